The molecule has 2 unspecified atom stereocenters. The number of carbonyl (C=O) groups excluding carboxylic acids is 1. The number of likely N-dealkylation sites (tertiary alicyclic amines) is 1. The van der Waals surface area contributed by atoms with Gasteiger partial charge in [0.2, 0.25) is 0 Å². The number of benzene rings is 2. The lowest BCUT2D eigenvalue weighted by Gasteiger charge is -2.41. The number of rotatable bonds is 5. The van der Waals surface area contributed by atoms with Crippen LogP contribution in [0.15, 0.2) is 53.4 Å². The molecule has 0 spiro atoms. The van der Waals surface area contributed by atoms with Gasteiger partial charge in [0.15, 0.2) is 15.6 Å². The van der Waals surface area contributed by atoms with E-state index in [-0.39, 0.29) is 34.5 Å². The molecule has 0 saturated carbocycles. The fraction of sp³-hybridized carbons (Fsp3) is 0.458. The Hall–Kier alpha value is -2.02. The predicted octanol–water partition coefficient (Wildman–Crippen LogP) is 2.90. The molecule has 4 rings (SSSR count). The Morgan fingerprint density at radius 2 is 1.60 bits per heavy atom. The second-order valence-corrected chi connectivity index (χ2v) is 10.7. The van der Waals surface area contributed by atoms with Crippen LogP contribution >= 0.6 is 0 Å². The molecule has 160 valence electrons. The zero-order chi connectivity index (χ0) is 21.3. The van der Waals surface area contributed by atoms with Crippen LogP contribution in [-0.2, 0) is 22.7 Å². The molecule has 1 heterocycles. The van der Waals surface area contributed by atoms with Crippen molar-refractivity contribution >= 4 is 15.6 Å². The van der Waals surface area contributed by atoms with Crippen LogP contribution in [0.4, 0.5) is 0 Å². The van der Waals surface area contributed by atoms with Crippen molar-refractivity contribution in [3.8, 4) is 0 Å². The van der Waals surface area contributed by atoms with Crippen molar-refractivity contribution in [2.75, 3.05) is 18.8 Å². The van der Waals surface area contributed by atoms with E-state index < -0.39 is 9.84 Å². The lowest BCUT2D eigenvalue weighted by atomic mass is 9.83. The quantitative estimate of drug-likeness (QED) is 0.743. The first kappa shape index (κ1) is 21.2. The fourth-order valence-corrected chi connectivity index (χ4v) is 5.66. The Kier molecular flexibility index (Phi) is 6.09. The third-order valence-corrected chi connectivity index (χ3v) is 8.42. The molecule has 1 fully saturated rings. The highest BCUT2D eigenvalue weighted by Gasteiger charge is 2.35. The summed E-state index contributed by atoms with van der Waals surface area (Å²) in [6.07, 6.45) is 2.69. The number of hydrogen-bond acceptors (Lipinski definition) is 5. The maximum atomic E-state index is 12.9. The molecule has 1 saturated heterocycles. The summed E-state index contributed by atoms with van der Waals surface area (Å²) in [6.45, 7) is 3.20. The van der Waals surface area contributed by atoms with Crippen LogP contribution in [0.5, 0.6) is 0 Å². The van der Waals surface area contributed by atoms with Crippen molar-refractivity contribution in [1.82, 2.24) is 4.90 Å². The molecule has 1 aliphatic carbocycles. The van der Waals surface area contributed by atoms with Gasteiger partial charge in [0, 0.05) is 23.9 Å². The van der Waals surface area contributed by atoms with E-state index in [1.54, 1.807) is 19.1 Å². The molecule has 1 aliphatic heterocycles. The zero-order valence-electron chi connectivity index (χ0n) is 17.3. The summed E-state index contributed by atoms with van der Waals surface area (Å²) in [5.74, 6) is 0.0866. The molecule has 0 radical (unpaired) electrons. The zero-order valence-corrected chi connectivity index (χ0v) is 18.1. The molecule has 30 heavy (non-hydrogen) atoms. The molecular formula is C24H29NO4S. The standard InChI is InChI=1S/C24H29NO4S/c1-2-30(28,29)21-9-7-17(8-10-21)24(27)18-11-13-25(14-12-18)22-15-19-5-3-4-6-20(19)16-23(22)26/h3-10,18,22-23,26H,2,11-16H2,1H3. The first-order valence-electron chi connectivity index (χ1n) is 10.7. The van der Waals surface area contributed by atoms with Gasteiger partial charge < -0.3 is 5.11 Å². The van der Waals surface area contributed by atoms with Crippen LogP contribution in [0.2, 0.25) is 0 Å². The minimum Gasteiger partial charge on any atom is -0.391 e. The van der Waals surface area contributed by atoms with Crippen LogP contribution in [0.25, 0.3) is 0 Å². The van der Waals surface area contributed by atoms with Crippen molar-refractivity contribution in [3.63, 3.8) is 0 Å². The molecule has 0 aromatic heterocycles. The van der Waals surface area contributed by atoms with Crippen LogP contribution in [0.3, 0.4) is 0 Å². The molecule has 6 heteroatoms. The summed E-state index contributed by atoms with van der Waals surface area (Å²) in [4.78, 5) is 15.5. The number of aliphatic hydroxyl groups excluding tert-OH is 1. The molecule has 2 aromatic rings. The number of piperidine rings is 1. The van der Waals surface area contributed by atoms with Gasteiger partial charge in [0.25, 0.3) is 0 Å². The number of hydrogen-bond donors (Lipinski definition) is 1. The lowest BCUT2D eigenvalue weighted by molar-refractivity contribution is 0.0239. The van der Waals surface area contributed by atoms with Crippen LogP contribution in [0.1, 0.15) is 41.3 Å². The third kappa shape index (κ3) is 4.22. The highest BCUT2D eigenvalue weighted by molar-refractivity contribution is 7.91. The van der Waals surface area contributed by atoms with E-state index in [2.05, 4.69) is 23.1 Å². The fourth-order valence-electron chi connectivity index (χ4n) is 4.77. The van der Waals surface area contributed by atoms with Crippen LogP contribution in [-0.4, -0.2) is 55.2 Å². The van der Waals surface area contributed by atoms with Gasteiger partial charge >= 0.3 is 0 Å². The van der Waals surface area contributed by atoms with Gasteiger partial charge in [-0.2, -0.15) is 0 Å². The number of sulfone groups is 1. The summed E-state index contributed by atoms with van der Waals surface area (Å²) in [7, 11) is -3.25. The van der Waals surface area contributed by atoms with Crippen molar-refractivity contribution in [1.29, 1.82) is 0 Å². The Labute approximate surface area is 178 Å². The molecule has 2 aromatic carbocycles. The Morgan fingerprint density at radius 3 is 2.20 bits per heavy atom. The van der Waals surface area contributed by atoms with Gasteiger partial charge in [-0.3, -0.25) is 9.69 Å². The molecular weight excluding hydrogens is 398 g/mol. The summed E-state index contributed by atoms with van der Waals surface area (Å²) in [5.41, 5.74) is 3.13. The van der Waals surface area contributed by atoms with E-state index in [4.69, 9.17) is 0 Å². The molecule has 2 aliphatic rings. The maximum Gasteiger partial charge on any atom is 0.178 e. The number of aliphatic hydroxyl groups is 1. The van der Waals surface area contributed by atoms with Gasteiger partial charge in [-0.05, 0) is 55.6 Å². The van der Waals surface area contributed by atoms with Crippen molar-refractivity contribution < 1.29 is 18.3 Å². The normalized spacial score (nSPS) is 23.1. The van der Waals surface area contributed by atoms with Crippen LogP contribution in [0, 0.1) is 5.92 Å². The highest BCUT2D eigenvalue weighted by atomic mass is 32.2. The van der Waals surface area contributed by atoms with Gasteiger partial charge in [-0.25, -0.2) is 8.42 Å². The minimum atomic E-state index is -3.25. The topological polar surface area (TPSA) is 74.7 Å². The third-order valence-electron chi connectivity index (χ3n) is 6.67. The summed E-state index contributed by atoms with van der Waals surface area (Å²) in [5, 5.41) is 10.7. The summed E-state index contributed by atoms with van der Waals surface area (Å²) in [6, 6.07) is 14.8. The Bertz CT molecular complexity index is 1010. The lowest BCUT2D eigenvalue weighted by Crippen LogP contribution is -2.51. The maximum absolute atomic E-state index is 12.9. The van der Waals surface area contributed by atoms with Gasteiger partial charge in [-0.1, -0.05) is 43.3 Å². The molecule has 2 atom stereocenters. The number of nitrogens with zero attached hydrogens (tertiary/aromatic N) is 1. The Balaban J connectivity index is 1.38. The van der Waals surface area contributed by atoms with E-state index >= 15 is 0 Å². The molecule has 0 bridgehead atoms. The van der Waals surface area contributed by atoms with E-state index in [9.17, 15) is 18.3 Å². The number of ketones is 1. The summed E-state index contributed by atoms with van der Waals surface area (Å²) < 4.78 is 23.9. The van der Waals surface area contributed by atoms with Crippen LogP contribution < -0.4 is 0 Å². The number of Topliss-reactive ketones (excluding diaryl/α,β-unsaturated/α-hetero) is 1. The Morgan fingerprint density at radius 1 is 1.00 bits per heavy atom. The van der Waals surface area contributed by atoms with E-state index in [1.807, 2.05) is 6.07 Å². The second kappa shape index (κ2) is 8.61. The van der Waals surface area contributed by atoms with E-state index in [0.29, 0.717) is 12.0 Å². The summed E-state index contributed by atoms with van der Waals surface area (Å²) >= 11 is 0. The SMILES string of the molecule is CCS(=O)(=O)c1ccc(C(=O)C2CCN(C3Cc4ccccc4CC3O)CC2)cc1. The molecule has 0 amide bonds. The average Bonchev–Trinajstić information content (AvgIpc) is 2.78. The monoisotopic (exact) mass is 427 g/mol. The number of carbonyl (C=O) groups is 1. The average molecular weight is 428 g/mol. The first-order chi connectivity index (χ1) is 14.4. The van der Waals surface area contributed by atoms with E-state index in [0.717, 1.165) is 32.4 Å². The predicted molar refractivity (Wildman–Crippen MR) is 116 cm³/mol. The van der Waals surface area contributed by atoms with E-state index in [1.165, 1.54) is 23.3 Å². The van der Waals surface area contributed by atoms with Crippen molar-refractivity contribution in [2.45, 2.75) is 49.6 Å². The van der Waals surface area contributed by atoms with Gasteiger partial charge in [0.05, 0.1) is 16.8 Å². The largest absolute Gasteiger partial charge is 0.391 e. The smallest absolute Gasteiger partial charge is 0.178 e. The van der Waals surface area contributed by atoms with Crippen molar-refractivity contribution in [3.05, 3.63) is 65.2 Å². The number of fused-ring (bicyclic) bond motifs is 1. The molecule has 1 N–H and O–H groups in total. The second-order valence-electron chi connectivity index (χ2n) is 8.41. The minimum absolute atomic E-state index is 0.0518. The first-order valence-corrected chi connectivity index (χ1v) is 12.4. The van der Waals surface area contributed by atoms with Crippen molar-refractivity contribution in [2.24, 2.45) is 5.92 Å². The highest BCUT2D eigenvalue weighted by Crippen LogP contribution is 2.29. The molecule has 5 nitrogen and oxygen atoms in total. The van der Waals surface area contributed by atoms with Gasteiger partial charge in [-0.15, -0.1) is 0 Å². The van der Waals surface area contributed by atoms with Gasteiger partial charge in [0.1, 0.15) is 0 Å².